The zero-order valence-electron chi connectivity index (χ0n) is 31.3. The predicted molar refractivity (Wildman–Crippen MR) is 201 cm³/mol. The largest absolute Gasteiger partial charge is 0.355 e. The smallest absolute Gasteiger partial charge is 0.276 e. The summed E-state index contributed by atoms with van der Waals surface area (Å²) < 4.78 is 5.38. The van der Waals surface area contributed by atoms with Crippen LogP contribution in [-0.2, 0) is 25.7 Å². The highest BCUT2D eigenvalue weighted by molar-refractivity contribution is 6.06. The first-order valence-electron chi connectivity index (χ1n) is 19.2. The number of carbonyl (C=O) groups excluding carboxylic acids is 6. The number of fused-ring (bicyclic) bond motifs is 3. The van der Waals surface area contributed by atoms with E-state index < -0.39 is 24.0 Å². The Balaban J connectivity index is 0.857. The molecule has 2 aromatic carbocycles. The van der Waals surface area contributed by atoms with Crippen LogP contribution >= 0.6 is 0 Å². The molecule has 55 heavy (non-hydrogen) atoms. The van der Waals surface area contributed by atoms with E-state index in [4.69, 9.17) is 10.3 Å². The third-order valence-electron chi connectivity index (χ3n) is 11.4. The van der Waals surface area contributed by atoms with Crippen molar-refractivity contribution in [3.8, 4) is 11.8 Å². The zero-order valence-corrected chi connectivity index (χ0v) is 31.3. The van der Waals surface area contributed by atoms with Crippen molar-refractivity contribution in [2.24, 2.45) is 5.73 Å². The molecule has 0 spiro atoms. The fourth-order valence-electron chi connectivity index (χ4n) is 8.33. The molecule has 288 valence electrons. The number of hydrogen-bond acceptors (Lipinski definition) is 9. The number of nitrogens with zero attached hydrogens (tertiary/aromatic N) is 5. The summed E-state index contributed by atoms with van der Waals surface area (Å²) in [5, 5.41) is 7.00. The van der Waals surface area contributed by atoms with E-state index in [0.717, 1.165) is 42.4 Å². The highest BCUT2D eigenvalue weighted by atomic mass is 16.5. The van der Waals surface area contributed by atoms with Gasteiger partial charge in [0.05, 0.1) is 5.39 Å². The fraction of sp³-hybridized carbons (Fsp3) is 0.488. The number of likely N-dealkylation sites (N-methyl/N-ethyl adjacent to an activating group) is 1. The van der Waals surface area contributed by atoms with Gasteiger partial charge in [-0.2, -0.15) is 0 Å². The van der Waals surface area contributed by atoms with E-state index in [2.05, 4.69) is 22.3 Å². The standard InChI is InChI=1S/C41H47N7O7/c1-25-13-17-34-29(22-25)36(44-55-34)41(54)46-21-19-27-14-15-33(48(27)39(52)31(42)24-46)40(53)45(2)20-8-6-4-3-5-7-10-26-11-9-12-28-30(26)23-47(38(28)51)32-16-18-35(49)43-37(32)50/h9,11-13,17,22,27,31-33H,3-6,8,14-16,18-21,23-24,42H2,1-2H3,(H,43,49,50)/t27-,31+,32?,33+/m1/s1. The summed E-state index contributed by atoms with van der Waals surface area (Å²) >= 11 is 0. The Morgan fingerprint density at radius 2 is 1.85 bits per heavy atom. The van der Waals surface area contributed by atoms with Crippen LogP contribution in [0.1, 0.15) is 102 Å². The number of rotatable bonds is 9. The van der Waals surface area contributed by atoms with E-state index in [0.29, 0.717) is 68.3 Å². The fourth-order valence-corrected chi connectivity index (χ4v) is 8.33. The van der Waals surface area contributed by atoms with Gasteiger partial charge in [0.1, 0.15) is 18.1 Å². The molecule has 4 atom stereocenters. The lowest BCUT2D eigenvalue weighted by Gasteiger charge is -2.38. The average molecular weight is 750 g/mol. The van der Waals surface area contributed by atoms with E-state index >= 15 is 0 Å². The molecular weight excluding hydrogens is 702 g/mol. The number of amides is 6. The maximum absolute atomic E-state index is 13.7. The van der Waals surface area contributed by atoms with Gasteiger partial charge in [0.25, 0.3) is 11.8 Å². The van der Waals surface area contributed by atoms with Crippen molar-refractivity contribution in [3.05, 3.63) is 64.3 Å². The first-order valence-corrected chi connectivity index (χ1v) is 19.2. The van der Waals surface area contributed by atoms with Gasteiger partial charge in [-0.1, -0.05) is 47.5 Å². The highest BCUT2D eigenvalue weighted by Gasteiger charge is 2.45. The molecule has 0 radical (unpaired) electrons. The molecule has 7 rings (SSSR count). The van der Waals surface area contributed by atoms with Gasteiger partial charge in [-0.15, -0.1) is 0 Å². The second-order valence-electron chi connectivity index (χ2n) is 15.1. The molecule has 0 bridgehead atoms. The normalized spacial score (nSPS) is 22.5. The van der Waals surface area contributed by atoms with Gasteiger partial charge < -0.3 is 29.9 Å². The van der Waals surface area contributed by atoms with E-state index in [1.165, 1.54) is 4.90 Å². The van der Waals surface area contributed by atoms with Crippen LogP contribution < -0.4 is 11.1 Å². The molecule has 4 aliphatic rings. The van der Waals surface area contributed by atoms with Crippen LogP contribution in [0, 0.1) is 18.8 Å². The Morgan fingerprint density at radius 1 is 1.04 bits per heavy atom. The second kappa shape index (κ2) is 16.0. The number of aromatic nitrogens is 1. The van der Waals surface area contributed by atoms with Gasteiger partial charge in [0.15, 0.2) is 11.3 Å². The van der Waals surface area contributed by atoms with Crippen molar-refractivity contribution < 1.29 is 33.3 Å². The minimum Gasteiger partial charge on any atom is -0.355 e. The first-order chi connectivity index (χ1) is 26.5. The van der Waals surface area contributed by atoms with Crippen LogP contribution in [0.5, 0.6) is 0 Å². The quantitative estimate of drug-likeness (QED) is 0.189. The summed E-state index contributed by atoms with van der Waals surface area (Å²) in [6.45, 7) is 3.21. The maximum Gasteiger partial charge on any atom is 0.276 e. The number of hydrogen-bond donors (Lipinski definition) is 2. The van der Waals surface area contributed by atoms with Crippen LogP contribution in [0.4, 0.5) is 0 Å². The molecule has 5 heterocycles. The molecule has 4 aliphatic heterocycles. The summed E-state index contributed by atoms with van der Waals surface area (Å²) in [6.07, 6.45) is 6.53. The summed E-state index contributed by atoms with van der Waals surface area (Å²) in [6, 6.07) is 8.60. The van der Waals surface area contributed by atoms with Crippen molar-refractivity contribution in [1.29, 1.82) is 0 Å². The number of nitrogens with one attached hydrogen (secondary N) is 1. The van der Waals surface area contributed by atoms with Gasteiger partial charge in [0.2, 0.25) is 23.6 Å². The third-order valence-corrected chi connectivity index (χ3v) is 11.4. The van der Waals surface area contributed by atoms with Crippen molar-refractivity contribution in [2.45, 2.75) is 102 Å². The van der Waals surface area contributed by atoms with Crippen LogP contribution in [0.3, 0.4) is 0 Å². The number of carbonyl (C=O) groups is 6. The van der Waals surface area contributed by atoms with Crippen LogP contribution in [0.25, 0.3) is 11.0 Å². The van der Waals surface area contributed by atoms with Gasteiger partial charge in [0, 0.05) is 63.2 Å². The lowest BCUT2D eigenvalue weighted by Crippen LogP contribution is -2.59. The minimum absolute atomic E-state index is 0.0264. The SMILES string of the molecule is Cc1ccc2onc(C(=O)N3CC[C@H]4CC[C@@H](C(=O)N(C)CCCCCCC#Cc5cccc6c5CN(C5CCC(=O)NC5=O)C6=O)N4C(=O)[C@@H](N)C3)c2c1. The zero-order chi connectivity index (χ0) is 38.8. The van der Waals surface area contributed by atoms with Crippen molar-refractivity contribution >= 4 is 46.4 Å². The molecule has 0 saturated carbocycles. The molecule has 3 aromatic rings. The number of unbranched alkanes of at least 4 members (excludes halogenated alkanes) is 4. The summed E-state index contributed by atoms with van der Waals surface area (Å²) in [7, 11) is 1.78. The van der Waals surface area contributed by atoms with Gasteiger partial charge >= 0.3 is 0 Å². The van der Waals surface area contributed by atoms with E-state index in [-0.39, 0.29) is 54.2 Å². The molecule has 14 heteroatoms. The van der Waals surface area contributed by atoms with E-state index in [1.807, 2.05) is 25.1 Å². The van der Waals surface area contributed by atoms with Gasteiger partial charge in [-0.3, -0.25) is 34.1 Å². The van der Waals surface area contributed by atoms with Crippen LogP contribution in [-0.4, -0.2) is 111 Å². The monoisotopic (exact) mass is 749 g/mol. The van der Waals surface area contributed by atoms with Gasteiger partial charge in [-0.25, -0.2) is 0 Å². The topological polar surface area (TPSA) is 179 Å². The first kappa shape index (κ1) is 37.8. The molecule has 3 fully saturated rings. The lowest BCUT2D eigenvalue weighted by atomic mass is 10.0. The number of piperidine rings is 1. The Hall–Kier alpha value is -5.55. The molecule has 0 aliphatic carbocycles. The summed E-state index contributed by atoms with van der Waals surface area (Å²) in [5.74, 6) is 4.77. The van der Waals surface area contributed by atoms with E-state index in [1.54, 1.807) is 39.9 Å². The Bertz CT molecular complexity index is 2100. The molecule has 14 nitrogen and oxygen atoms in total. The predicted octanol–water partition coefficient (Wildman–Crippen LogP) is 2.89. The number of nitrogens with two attached hydrogens (primary N) is 1. The summed E-state index contributed by atoms with van der Waals surface area (Å²) in [4.78, 5) is 84.5. The molecule has 1 unspecified atom stereocenters. The highest BCUT2D eigenvalue weighted by Crippen LogP contribution is 2.32. The number of aryl methyl sites for hydroxylation is 1. The maximum atomic E-state index is 13.7. The average Bonchev–Trinajstić information content (AvgIpc) is 3.88. The van der Waals surface area contributed by atoms with Crippen LogP contribution in [0.2, 0.25) is 0 Å². The number of imide groups is 1. The van der Waals surface area contributed by atoms with Crippen molar-refractivity contribution in [3.63, 3.8) is 0 Å². The lowest BCUT2D eigenvalue weighted by molar-refractivity contribution is -0.146. The molecule has 3 N–H and O–H groups in total. The van der Waals surface area contributed by atoms with Crippen LogP contribution in [0.15, 0.2) is 40.9 Å². The van der Waals surface area contributed by atoms with Crippen molar-refractivity contribution in [2.75, 3.05) is 26.7 Å². The van der Waals surface area contributed by atoms with E-state index in [9.17, 15) is 28.8 Å². The molecular formula is C41H47N7O7. The second-order valence-corrected chi connectivity index (χ2v) is 15.1. The Morgan fingerprint density at radius 3 is 2.67 bits per heavy atom. The Labute approximate surface area is 319 Å². The minimum atomic E-state index is -0.966. The summed E-state index contributed by atoms with van der Waals surface area (Å²) in [5.41, 5.74) is 10.3. The Kier molecular flexibility index (Phi) is 11.0. The number of benzene rings is 2. The molecule has 3 saturated heterocycles. The third kappa shape index (κ3) is 7.71. The molecule has 1 aromatic heterocycles. The van der Waals surface area contributed by atoms with Gasteiger partial charge in [-0.05, 0) is 75.3 Å². The van der Waals surface area contributed by atoms with Crippen molar-refractivity contribution in [1.82, 2.24) is 30.1 Å². The molecule has 6 amide bonds.